The molecule has 18 heavy (non-hydrogen) atoms. The first-order chi connectivity index (χ1) is 8.45. The summed E-state index contributed by atoms with van der Waals surface area (Å²) in [5, 5.41) is 3.30. The van der Waals surface area contributed by atoms with Crippen LogP contribution in [0.25, 0.3) is 0 Å². The van der Waals surface area contributed by atoms with E-state index in [4.69, 9.17) is 17.3 Å². The highest BCUT2D eigenvalue weighted by molar-refractivity contribution is 6.30. The molecule has 3 N–H and O–H groups in total. The van der Waals surface area contributed by atoms with Crippen molar-refractivity contribution in [1.82, 2.24) is 10.2 Å². The van der Waals surface area contributed by atoms with Crippen LogP contribution in [0.15, 0.2) is 24.3 Å². The van der Waals surface area contributed by atoms with Crippen molar-refractivity contribution in [2.75, 3.05) is 20.6 Å². The lowest BCUT2D eigenvalue weighted by Gasteiger charge is -2.30. The van der Waals surface area contributed by atoms with Crippen molar-refractivity contribution in [1.29, 1.82) is 0 Å². The molecule has 5 heteroatoms. The Morgan fingerprint density at radius 3 is 2.44 bits per heavy atom. The summed E-state index contributed by atoms with van der Waals surface area (Å²) in [4.78, 5) is 13.4. The van der Waals surface area contributed by atoms with Gasteiger partial charge in [0.15, 0.2) is 0 Å². The Bertz CT molecular complexity index is 392. The number of benzene rings is 1. The summed E-state index contributed by atoms with van der Waals surface area (Å²) in [5.41, 5.74) is 7.07. The van der Waals surface area contributed by atoms with Crippen LogP contribution in [-0.4, -0.2) is 37.5 Å². The molecule has 0 fully saturated rings. The van der Waals surface area contributed by atoms with Crippen LogP contribution in [0.4, 0.5) is 0 Å². The molecule has 4 nitrogen and oxygen atoms in total. The number of carbonyl (C=O) groups is 1. The zero-order valence-electron chi connectivity index (χ0n) is 11.0. The van der Waals surface area contributed by atoms with Crippen molar-refractivity contribution < 1.29 is 4.79 Å². The number of carbonyl (C=O) groups excluding carboxylic acids is 1. The van der Waals surface area contributed by atoms with Gasteiger partial charge in [-0.15, -0.1) is 0 Å². The Kier molecular flexibility index (Phi) is 5.59. The van der Waals surface area contributed by atoms with Crippen LogP contribution < -0.4 is 11.1 Å². The van der Waals surface area contributed by atoms with Crippen LogP contribution in [0.3, 0.4) is 0 Å². The van der Waals surface area contributed by atoms with E-state index in [9.17, 15) is 4.79 Å². The molecule has 0 aliphatic carbocycles. The topological polar surface area (TPSA) is 58.4 Å². The van der Waals surface area contributed by atoms with Crippen LogP contribution in [0.1, 0.15) is 18.5 Å². The maximum atomic E-state index is 11.4. The molecule has 0 spiro atoms. The maximum absolute atomic E-state index is 11.4. The highest BCUT2D eigenvalue weighted by atomic mass is 35.5. The van der Waals surface area contributed by atoms with Gasteiger partial charge in [-0.3, -0.25) is 9.69 Å². The molecule has 0 saturated carbocycles. The first-order valence-corrected chi connectivity index (χ1v) is 6.25. The zero-order valence-corrected chi connectivity index (χ0v) is 11.7. The number of halogens is 1. The molecule has 1 aromatic rings. The Balaban J connectivity index is 2.88. The van der Waals surface area contributed by atoms with E-state index in [0.29, 0.717) is 11.6 Å². The van der Waals surface area contributed by atoms with Crippen molar-refractivity contribution in [3.05, 3.63) is 34.9 Å². The van der Waals surface area contributed by atoms with Gasteiger partial charge in [0.1, 0.15) is 0 Å². The molecule has 2 atom stereocenters. The van der Waals surface area contributed by atoms with E-state index in [1.54, 1.807) is 7.05 Å². The van der Waals surface area contributed by atoms with E-state index in [1.165, 1.54) is 0 Å². The molecule has 1 aromatic carbocycles. The second-order valence-corrected chi connectivity index (χ2v) is 4.88. The van der Waals surface area contributed by atoms with Crippen molar-refractivity contribution in [2.24, 2.45) is 5.73 Å². The summed E-state index contributed by atoms with van der Waals surface area (Å²) < 4.78 is 0. The normalized spacial score (nSPS) is 14.3. The molecule has 2 unspecified atom stereocenters. The molecule has 0 aromatic heterocycles. The van der Waals surface area contributed by atoms with Crippen molar-refractivity contribution in [3.63, 3.8) is 0 Å². The third-order valence-corrected chi connectivity index (χ3v) is 3.11. The highest BCUT2D eigenvalue weighted by Crippen LogP contribution is 2.23. The quantitative estimate of drug-likeness (QED) is 0.850. The van der Waals surface area contributed by atoms with Crippen molar-refractivity contribution >= 4 is 17.5 Å². The molecule has 0 heterocycles. The van der Waals surface area contributed by atoms with Crippen LogP contribution in [0.5, 0.6) is 0 Å². The van der Waals surface area contributed by atoms with E-state index in [-0.39, 0.29) is 18.0 Å². The number of hydrogen-bond donors (Lipinski definition) is 2. The van der Waals surface area contributed by atoms with Crippen molar-refractivity contribution in [2.45, 2.75) is 19.0 Å². The molecule has 0 bridgehead atoms. The van der Waals surface area contributed by atoms with Crippen molar-refractivity contribution in [3.8, 4) is 0 Å². The van der Waals surface area contributed by atoms with Gasteiger partial charge in [-0.2, -0.15) is 0 Å². The number of nitrogens with two attached hydrogens (primary N) is 1. The molecule has 0 saturated heterocycles. The Morgan fingerprint density at radius 1 is 1.44 bits per heavy atom. The first kappa shape index (κ1) is 15.0. The average Bonchev–Trinajstić information content (AvgIpc) is 2.31. The predicted octanol–water partition coefficient (Wildman–Crippen LogP) is 1.41. The summed E-state index contributed by atoms with van der Waals surface area (Å²) in [5.74, 6) is -0.0305. The Hall–Kier alpha value is -1.10. The largest absolute Gasteiger partial charge is 0.358 e. The van der Waals surface area contributed by atoms with E-state index in [0.717, 1.165) is 5.56 Å². The number of likely N-dealkylation sites (N-methyl/N-ethyl adjacent to an activating group) is 2. The standard InChI is InChI=1S/C13H20ClN3O/c1-9(15)13(17(3)8-12(18)16-2)10-4-6-11(14)7-5-10/h4-7,9,13H,8,15H2,1-3H3,(H,16,18). The van der Waals surface area contributed by atoms with Gasteiger partial charge in [0, 0.05) is 24.2 Å². The van der Waals surface area contributed by atoms with Crippen LogP contribution >= 0.6 is 11.6 Å². The van der Waals surface area contributed by atoms with Gasteiger partial charge in [0.2, 0.25) is 5.91 Å². The van der Waals surface area contributed by atoms with E-state index in [2.05, 4.69) is 5.32 Å². The fourth-order valence-corrected chi connectivity index (χ4v) is 2.15. The lowest BCUT2D eigenvalue weighted by molar-refractivity contribution is -0.122. The molecule has 1 rings (SSSR count). The second-order valence-electron chi connectivity index (χ2n) is 4.44. The zero-order chi connectivity index (χ0) is 13.7. The predicted molar refractivity (Wildman–Crippen MR) is 74.5 cm³/mol. The van der Waals surface area contributed by atoms with Gasteiger partial charge in [0.05, 0.1) is 6.54 Å². The third kappa shape index (κ3) is 3.98. The van der Waals surface area contributed by atoms with Gasteiger partial charge < -0.3 is 11.1 Å². The van der Waals surface area contributed by atoms with Crippen LogP contribution in [0.2, 0.25) is 5.02 Å². The fourth-order valence-electron chi connectivity index (χ4n) is 2.02. The van der Waals surface area contributed by atoms with E-state index in [1.807, 2.05) is 43.1 Å². The lowest BCUT2D eigenvalue weighted by Crippen LogP contribution is -2.42. The monoisotopic (exact) mass is 269 g/mol. The summed E-state index contributed by atoms with van der Waals surface area (Å²) in [6, 6.07) is 7.45. The number of hydrogen-bond acceptors (Lipinski definition) is 3. The molecular formula is C13H20ClN3O. The van der Waals surface area contributed by atoms with E-state index >= 15 is 0 Å². The molecule has 0 radical (unpaired) electrons. The van der Waals surface area contributed by atoms with Crippen LogP contribution in [-0.2, 0) is 4.79 Å². The average molecular weight is 270 g/mol. The van der Waals surface area contributed by atoms with Gasteiger partial charge >= 0.3 is 0 Å². The van der Waals surface area contributed by atoms with Gasteiger partial charge in [-0.05, 0) is 31.7 Å². The third-order valence-electron chi connectivity index (χ3n) is 2.86. The first-order valence-electron chi connectivity index (χ1n) is 5.87. The SMILES string of the molecule is CNC(=O)CN(C)C(c1ccc(Cl)cc1)C(C)N. The molecule has 0 aliphatic heterocycles. The minimum atomic E-state index is -0.0826. The number of amides is 1. The lowest BCUT2D eigenvalue weighted by atomic mass is 9.99. The molecular weight excluding hydrogens is 250 g/mol. The summed E-state index contributed by atoms with van der Waals surface area (Å²) in [6.07, 6.45) is 0. The number of rotatable bonds is 5. The van der Waals surface area contributed by atoms with Crippen LogP contribution in [0, 0.1) is 0 Å². The smallest absolute Gasteiger partial charge is 0.233 e. The molecule has 1 amide bonds. The Morgan fingerprint density at radius 2 is 2.00 bits per heavy atom. The summed E-state index contributed by atoms with van der Waals surface area (Å²) in [6.45, 7) is 2.24. The maximum Gasteiger partial charge on any atom is 0.233 e. The number of nitrogens with one attached hydrogen (secondary N) is 1. The second kappa shape index (κ2) is 6.73. The van der Waals surface area contributed by atoms with E-state index < -0.39 is 0 Å². The fraction of sp³-hybridized carbons (Fsp3) is 0.462. The van der Waals surface area contributed by atoms with Gasteiger partial charge in [0.25, 0.3) is 0 Å². The minimum Gasteiger partial charge on any atom is -0.358 e. The highest BCUT2D eigenvalue weighted by Gasteiger charge is 2.22. The summed E-state index contributed by atoms with van der Waals surface area (Å²) in [7, 11) is 3.51. The van der Waals surface area contributed by atoms with Gasteiger partial charge in [-0.25, -0.2) is 0 Å². The molecule has 100 valence electrons. The van der Waals surface area contributed by atoms with Gasteiger partial charge in [-0.1, -0.05) is 23.7 Å². The minimum absolute atomic E-state index is 0.0143. The molecule has 0 aliphatic rings. The number of nitrogens with zero attached hydrogens (tertiary/aromatic N) is 1. The Labute approximate surface area is 113 Å². The summed E-state index contributed by atoms with van der Waals surface area (Å²) >= 11 is 5.87.